The molecule has 0 fully saturated rings. The van der Waals surface area contributed by atoms with Gasteiger partial charge in [0.15, 0.2) is 6.29 Å². The average Bonchev–Trinajstić information content (AvgIpc) is 2.04. The first-order valence-electron chi connectivity index (χ1n) is 3.46. The Kier molecular flexibility index (Phi) is 2.63. The van der Waals surface area contributed by atoms with E-state index >= 15 is 0 Å². The molecule has 13 heavy (non-hydrogen) atoms. The first kappa shape index (κ1) is 9.67. The second-order valence-electron chi connectivity index (χ2n) is 2.49. The highest BCUT2D eigenvalue weighted by molar-refractivity contribution is 6.32. The van der Waals surface area contributed by atoms with Gasteiger partial charge in [0.05, 0.1) is 4.92 Å². The molecule has 4 nitrogen and oxygen atoms in total. The molecule has 68 valence electrons. The Balaban J connectivity index is 3.47. The van der Waals surface area contributed by atoms with Crippen molar-refractivity contribution in [3.63, 3.8) is 0 Å². The minimum atomic E-state index is -0.593. The van der Waals surface area contributed by atoms with Gasteiger partial charge in [-0.1, -0.05) is 11.6 Å². The van der Waals surface area contributed by atoms with Gasteiger partial charge >= 0.3 is 0 Å². The van der Waals surface area contributed by atoms with Crippen molar-refractivity contribution in [2.24, 2.45) is 0 Å². The molecule has 0 unspecified atom stereocenters. The molecule has 0 atom stereocenters. The highest BCUT2D eigenvalue weighted by Gasteiger charge is 2.18. The molecule has 0 aliphatic carbocycles. The van der Waals surface area contributed by atoms with Crippen molar-refractivity contribution in [2.75, 3.05) is 0 Å². The quantitative estimate of drug-likeness (QED) is 0.417. The van der Waals surface area contributed by atoms with Crippen LogP contribution in [0, 0.1) is 17.0 Å². The third-order valence-corrected chi connectivity index (χ3v) is 2.04. The number of nitro groups is 1. The third kappa shape index (κ3) is 1.67. The zero-order chi connectivity index (χ0) is 10.0. The van der Waals surface area contributed by atoms with Crippen molar-refractivity contribution in [2.45, 2.75) is 6.92 Å². The van der Waals surface area contributed by atoms with Crippen LogP contribution in [0.25, 0.3) is 0 Å². The summed E-state index contributed by atoms with van der Waals surface area (Å²) in [5.74, 6) is 0. The van der Waals surface area contributed by atoms with E-state index in [1.54, 1.807) is 0 Å². The fourth-order valence-corrected chi connectivity index (χ4v) is 1.31. The topological polar surface area (TPSA) is 60.2 Å². The van der Waals surface area contributed by atoms with E-state index in [0.29, 0.717) is 11.8 Å². The summed E-state index contributed by atoms with van der Waals surface area (Å²) in [4.78, 5) is 20.4. The van der Waals surface area contributed by atoms with Gasteiger partial charge in [-0.3, -0.25) is 14.9 Å². The Labute approximate surface area is 79.3 Å². The number of benzene rings is 1. The molecule has 0 aliphatic rings. The smallest absolute Gasteiger partial charge is 0.291 e. The molecule has 0 amide bonds. The van der Waals surface area contributed by atoms with E-state index in [0.717, 1.165) is 0 Å². The van der Waals surface area contributed by atoms with Crippen LogP contribution >= 0.6 is 11.6 Å². The lowest BCUT2D eigenvalue weighted by molar-refractivity contribution is -0.385. The van der Waals surface area contributed by atoms with Crippen LogP contribution in [0.1, 0.15) is 15.9 Å². The summed E-state index contributed by atoms with van der Waals surface area (Å²) in [6.45, 7) is 1.49. The number of hydrogen-bond donors (Lipinski definition) is 0. The van der Waals surface area contributed by atoms with Gasteiger partial charge < -0.3 is 0 Å². The zero-order valence-corrected chi connectivity index (χ0v) is 7.54. The third-order valence-electron chi connectivity index (χ3n) is 1.73. The molecule has 0 N–H and O–H groups in total. The summed E-state index contributed by atoms with van der Waals surface area (Å²) in [5.41, 5.74) is 0.384. The van der Waals surface area contributed by atoms with Gasteiger partial charge in [0.1, 0.15) is 5.02 Å². The number of carbonyl (C=O) groups is 1. The van der Waals surface area contributed by atoms with Gasteiger partial charge in [0.25, 0.3) is 5.69 Å². The van der Waals surface area contributed by atoms with Gasteiger partial charge in [0.2, 0.25) is 0 Å². The fourth-order valence-electron chi connectivity index (χ4n) is 1.03. The minimum Gasteiger partial charge on any atom is -0.298 e. The number of hydrogen-bond acceptors (Lipinski definition) is 3. The van der Waals surface area contributed by atoms with E-state index in [9.17, 15) is 14.9 Å². The molecule has 0 aliphatic heterocycles. The summed E-state index contributed by atoms with van der Waals surface area (Å²) >= 11 is 5.60. The lowest BCUT2D eigenvalue weighted by Gasteiger charge is -2.01. The van der Waals surface area contributed by atoms with Gasteiger partial charge in [0, 0.05) is 11.1 Å². The number of nitro benzene ring substituents is 1. The van der Waals surface area contributed by atoms with Crippen LogP contribution in [0.3, 0.4) is 0 Å². The van der Waals surface area contributed by atoms with Crippen molar-refractivity contribution >= 4 is 23.6 Å². The zero-order valence-electron chi connectivity index (χ0n) is 6.78. The molecule has 0 aromatic heterocycles. The molecule has 0 heterocycles. The van der Waals surface area contributed by atoms with Crippen LogP contribution in [-0.4, -0.2) is 11.2 Å². The first-order valence-corrected chi connectivity index (χ1v) is 3.84. The predicted octanol–water partition coefficient (Wildman–Crippen LogP) is 2.37. The SMILES string of the molecule is Cc1c(C=O)ccc(Cl)c1[N+](=O)[O-]. The van der Waals surface area contributed by atoms with Gasteiger partial charge in [-0.15, -0.1) is 0 Å². The molecule has 0 radical (unpaired) electrons. The first-order chi connectivity index (χ1) is 6.07. The van der Waals surface area contributed by atoms with Crippen LogP contribution < -0.4 is 0 Å². The summed E-state index contributed by atoms with van der Waals surface area (Å²) in [5, 5.41) is 10.6. The maximum absolute atomic E-state index is 10.5. The second kappa shape index (κ2) is 3.53. The monoisotopic (exact) mass is 199 g/mol. The number of aldehydes is 1. The van der Waals surface area contributed by atoms with E-state index in [-0.39, 0.29) is 16.3 Å². The van der Waals surface area contributed by atoms with E-state index in [1.807, 2.05) is 0 Å². The van der Waals surface area contributed by atoms with Gasteiger partial charge in [-0.2, -0.15) is 0 Å². The molecule has 0 bridgehead atoms. The molecule has 1 aromatic carbocycles. The largest absolute Gasteiger partial charge is 0.298 e. The predicted molar refractivity (Wildman–Crippen MR) is 48.2 cm³/mol. The van der Waals surface area contributed by atoms with Crippen LogP contribution in [0.4, 0.5) is 5.69 Å². The van der Waals surface area contributed by atoms with Crippen molar-refractivity contribution in [3.05, 3.63) is 38.4 Å². The van der Waals surface area contributed by atoms with Crippen molar-refractivity contribution in [3.8, 4) is 0 Å². The molecule has 0 saturated heterocycles. The summed E-state index contributed by atoms with van der Waals surface area (Å²) in [6, 6.07) is 2.80. The van der Waals surface area contributed by atoms with Crippen molar-refractivity contribution in [1.82, 2.24) is 0 Å². The Morgan fingerprint density at radius 2 is 2.15 bits per heavy atom. The summed E-state index contributed by atoms with van der Waals surface area (Å²) in [6.07, 6.45) is 0.568. The molecule has 1 aromatic rings. The summed E-state index contributed by atoms with van der Waals surface area (Å²) < 4.78 is 0. The minimum absolute atomic E-state index is 0.0492. The number of halogens is 1. The normalized spacial score (nSPS) is 9.69. The van der Waals surface area contributed by atoms with Crippen LogP contribution in [0.2, 0.25) is 5.02 Å². The van der Waals surface area contributed by atoms with Crippen LogP contribution in [-0.2, 0) is 0 Å². The second-order valence-corrected chi connectivity index (χ2v) is 2.89. The molecule has 1 rings (SSSR count). The number of rotatable bonds is 2. The highest BCUT2D eigenvalue weighted by Crippen LogP contribution is 2.29. The highest BCUT2D eigenvalue weighted by atomic mass is 35.5. The molecular weight excluding hydrogens is 194 g/mol. The Morgan fingerprint density at radius 3 is 2.62 bits per heavy atom. The maximum atomic E-state index is 10.5. The maximum Gasteiger partial charge on any atom is 0.291 e. The molecule has 0 spiro atoms. The standard InChI is InChI=1S/C8H6ClNO3/c1-5-6(4-11)2-3-7(9)8(5)10(12)13/h2-4H,1H3. The van der Waals surface area contributed by atoms with E-state index in [4.69, 9.17) is 11.6 Å². The Hall–Kier alpha value is -1.42. The average molecular weight is 200 g/mol. The number of nitrogens with zero attached hydrogens (tertiary/aromatic N) is 1. The fraction of sp³-hybridized carbons (Fsp3) is 0.125. The van der Waals surface area contributed by atoms with Gasteiger partial charge in [-0.25, -0.2) is 0 Å². The van der Waals surface area contributed by atoms with Crippen LogP contribution in [0.5, 0.6) is 0 Å². The summed E-state index contributed by atoms with van der Waals surface area (Å²) in [7, 11) is 0. The Bertz CT molecular complexity index is 376. The molecular formula is C8H6ClNO3. The molecule has 5 heteroatoms. The molecule has 0 saturated carbocycles. The number of carbonyl (C=O) groups excluding carboxylic acids is 1. The lowest BCUT2D eigenvalue weighted by Crippen LogP contribution is -1.96. The van der Waals surface area contributed by atoms with E-state index in [1.165, 1.54) is 19.1 Å². The Morgan fingerprint density at radius 1 is 1.54 bits per heavy atom. The van der Waals surface area contributed by atoms with Crippen molar-refractivity contribution in [1.29, 1.82) is 0 Å². The van der Waals surface area contributed by atoms with E-state index < -0.39 is 4.92 Å². The van der Waals surface area contributed by atoms with Crippen molar-refractivity contribution < 1.29 is 9.72 Å². The lowest BCUT2D eigenvalue weighted by atomic mass is 10.1. The van der Waals surface area contributed by atoms with Gasteiger partial charge in [-0.05, 0) is 19.1 Å². The van der Waals surface area contributed by atoms with E-state index in [2.05, 4.69) is 0 Å². The van der Waals surface area contributed by atoms with Crippen LogP contribution in [0.15, 0.2) is 12.1 Å².